The van der Waals surface area contributed by atoms with E-state index in [9.17, 15) is 53.4 Å². The van der Waals surface area contributed by atoms with Crippen molar-refractivity contribution in [3.8, 4) is 0 Å². The lowest BCUT2D eigenvalue weighted by molar-refractivity contribution is -0.143. The first-order valence-corrected chi connectivity index (χ1v) is 21.3. The number of hydrogen-bond donors (Lipinski definition) is 15. The number of nitrogens with one attached hydrogen (secondary N) is 8. The minimum Gasteiger partial charge on any atom is -0.480 e. The van der Waals surface area contributed by atoms with Gasteiger partial charge in [-0.2, -0.15) is 0 Å². The van der Waals surface area contributed by atoms with Gasteiger partial charge in [-0.1, -0.05) is 41.5 Å². The van der Waals surface area contributed by atoms with Crippen molar-refractivity contribution < 1.29 is 53.4 Å². The minimum absolute atomic E-state index is 0.0306. The van der Waals surface area contributed by atoms with E-state index in [1.54, 1.807) is 27.7 Å². The van der Waals surface area contributed by atoms with E-state index in [4.69, 9.17) is 28.7 Å². The summed E-state index contributed by atoms with van der Waals surface area (Å²) in [5.41, 5.74) is 27.5. The maximum Gasteiger partial charge on any atom is 0.326 e. The molecule has 20 N–H and O–H groups in total. The predicted octanol–water partition coefficient (Wildman–Crippen LogP) is -5.59. The monoisotopic (exact) mass is 928 g/mol. The first-order valence-electron chi connectivity index (χ1n) is 21.3. The molecule has 26 nitrogen and oxygen atoms in total. The molecule has 0 radical (unpaired) electrons. The number of nitrogens with zero attached hydrogens (tertiary/aromatic N) is 2. The molecule has 0 aliphatic carbocycles. The molecule has 0 aliphatic heterocycles. The van der Waals surface area contributed by atoms with Crippen molar-refractivity contribution in [2.24, 2.45) is 56.4 Å². The molecule has 0 aromatic rings. The molecular weight excluding hydrogens is 855 g/mol. The summed E-state index contributed by atoms with van der Waals surface area (Å²) in [5, 5.41) is 38.9. The summed E-state index contributed by atoms with van der Waals surface area (Å²) in [7, 11) is 0. The van der Waals surface area contributed by atoms with E-state index in [1.807, 2.05) is 13.8 Å². The first kappa shape index (κ1) is 58.7. The van der Waals surface area contributed by atoms with Crippen LogP contribution in [0.3, 0.4) is 0 Å². The van der Waals surface area contributed by atoms with E-state index in [-0.39, 0.29) is 56.6 Å². The largest absolute Gasteiger partial charge is 0.480 e. The van der Waals surface area contributed by atoms with E-state index in [1.165, 1.54) is 13.8 Å². The Morgan fingerprint density at radius 2 is 0.954 bits per heavy atom. The Morgan fingerprint density at radius 1 is 0.523 bits per heavy atom. The van der Waals surface area contributed by atoms with Crippen molar-refractivity contribution in [2.45, 2.75) is 136 Å². The maximum atomic E-state index is 13.4. The molecule has 0 saturated heterocycles. The second kappa shape index (κ2) is 29.9. The van der Waals surface area contributed by atoms with Crippen molar-refractivity contribution in [3.63, 3.8) is 0 Å². The van der Waals surface area contributed by atoms with Gasteiger partial charge in [-0.15, -0.1) is 0 Å². The topological polar surface area (TPSA) is 445 Å². The molecule has 65 heavy (non-hydrogen) atoms. The molecular formula is C39H73N15O11. The number of nitrogens with two attached hydrogens (primary N) is 5. The van der Waals surface area contributed by atoms with Crippen molar-refractivity contribution in [1.82, 2.24) is 42.5 Å². The van der Waals surface area contributed by atoms with Gasteiger partial charge in [0.1, 0.15) is 42.3 Å². The summed E-state index contributed by atoms with van der Waals surface area (Å²) >= 11 is 0. The van der Waals surface area contributed by atoms with Gasteiger partial charge in [-0.05, 0) is 63.7 Å². The van der Waals surface area contributed by atoms with Gasteiger partial charge in [0.15, 0.2) is 11.9 Å². The average molecular weight is 928 g/mol. The lowest BCUT2D eigenvalue weighted by Gasteiger charge is -2.26. The molecule has 0 unspecified atom stereocenters. The molecule has 0 aromatic carbocycles. The Kier molecular flexibility index (Phi) is 27.0. The fraction of sp³-hybridized carbons (Fsp3) is 0.718. The van der Waals surface area contributed by atoms with Gasteiger partial charge < -0.3 is 81.4 Å². The van der Waals surface area contributed by atoms with Gasteiger partial charge in [0.2, 0.25) is 47.3 Å². The molecule has 0 rings (SSSR count). The third-order valence-electron chi connectivity index (χ3n) is 9.46. The van der Waals surface area contributed by atoms with Crippen LogP contribution in [0.1, 0.15) is 87.5 Å². The maximum absolute atomic E-state index is 13.4. The van der Waals surface area contributed by atoms with Crippen LogP contribution in [0.15, 0.2) is 9.98 Å². The Balaban J connectivity index is 5.94. The molecule has 8 amide bonds. The lowest BCUT2D eigenvalue weighted by atomic mass is 10.00. The normalized spacial score (nSPS) is 14.7. The number of carboxylic acid groups (broad SMARTS) is 1. The summed E-state index contributed by atoms with van der Waals surface area (Å²) < 4.78 is 0. The number of hydrogen-bond acceptors (Lipinski definition) is 13. The summed E-state index contributed by atoms with van der Waals surface area (Å²) in [5.74, 6) is -9.02. The highest BCUT2D eigenvalue weighted by atomic mass is 16.4. The van der Waals surface area contributed by atoms with Crippen LogP contribution in [0.5, 0.6) is 0 Å². The van der Waals surface area contributed by atoms with E-state index in [0.717, 1.165) is 0 Å². The third kappa shape index (κ3) is 23.8. The molecule has 0 fully saturated rings. The van der Waals surface area contributed by atoms with Crippen LogP contribution in [-0.4, -0.2) is 150 Å². The van der Waals surface area contributed by atoms with Crippen LogP contribution >= 0.6 is 0 Å². The van der Waals surface area contributed by atoms with E-state index in [2.05, 4.69) is 52.5 Å². The van der Waals surface area contributed by atoms with Crippen molar-refractivity contribution in [1.29, 1.82) is 0 Å². The third-order valence-corrected chi connectivity index (χ3v) is 9.46. The van der Waals surface area contributed by atoms with Gasteiger partial charge in [-0.25, -0.2) is 4.79 Å². The standard InChI is InChI=1S/C39H73N15O11/c1-18(2)15-23(40)32(59)53-28(19(3)4)36(63)49-21(7)30(57)52-26(17-55)35(62)51-24(11-9-13-45-38(41)42)33(60)47-16-27(56)50-25(12-10-14-46-39(43)44)34(61)48-22(8)31(58)54-29(20(5)6)37(64)65/h18-26,28-29,55H,9-17,40H2,1-8H3,(H,47,60)(H,48,61)(H,49,63)(H,50,56)(H,51,62)(H,52,57)(H,53,59)(H,54,58)(H,64,65)(H4,41,42,45)(H4,43,44,46)/t21-,22-,23-,24-,25-,26-,28-,29-/m0/s1. The van der Waals surface area contributed by atoms with E-state index < -0.39 is 127 Å². The summed E-state index contributed by atoms with van der Waals surface area (Å²) in [6.45, 7) is 11.4. The zero-order chi connectivity index (χ0) is 50.1. The van der Waals surface area contributed by atoms with E-state index in [0.29, 0.717) is 6.42 Å². The Labute approximate surface area is 379 Å². The lowest BCUT2D eigenvalue weighted by Crippen LogP contribution is -2.60. The summed E-state index contributed by atoms with van der Waals surface area (Å²) in [6, 6.07) is -9.95. The van der Waals surface area contributed by atoms with Crippen LogP contribution in [-0.2, 0) is 43.2 Å². The molecule has 370 valence electrons. The van der Waals surface area contributed by atoms with Gasteiger partial charge in [-0.3, -0.25) is 48.3 Å². The number of carbonyl (C=O) groups is 9. The Bertz CT molecular complexity index is 1680. The fourth-order valence-electron chi connectivity index (χ4n) is 5.79. The summed E-state index contributed by atoms with van der Waals surface area (Å²) in [6.07, 6.45) is 0.545. The van der Waals surface area contributed by atoms with Gasteiger partial charge in [0.25, 0.3) is 0 Å². The van der Waals surface area contributed by atoms with Gasteiger partial charge in [0.05, 0.1) is 19.2 Å². The van der Waals surface area contributed by atoms with Crippen LogP contribution in [0, 0.1) is 17.8 Å². The zero-order valence-corrected chi connectivity index (χ0v) is 38.6. The SMILES string of the molecule is CC(C)C[C@H](N)C(=O)N[C@H](C(=O)N[C@@H](C)C(=O)N[C@@H](CO)C(=O)N[C@@H](CCCN=C(N)N)C(=O)NCC(=O)N[C@@H](CCCN=C(N)N)C(=O)N[C@@H](C)C(=O)N[C@H](C(=O)O)C(C)C)C(C)C. The number of aliphatic imine (C=N–C) groups is 2. The molecule has 0 bridgehead atoms. The molecule has 0 aliphatic rings. The Morgan fingerprint density at radius 3 is 1.40 bits per heavy atom. The first-order chi connectivity index (χ1) is 30.2. The second-order valence-corrected chi connectivity index (χ2v) is 16.5. The highest BCUT2D eigenvalue weighted by molar-refractivity contribution is 5.97. The smallest absolute Gasteiger partial charge is 0.326 e. The van der Waals surface area contributed by atoms with Crippen molar-refractivity contribution >= 4 is 65.1 Å². The van der Waals surface area contributed by atoms with Crippen molar-refractivity contribution in [3.05, 3.63) is 0 Å². The number of rotatable bonds is 30. The average Bonchev–Trinajstić information content (AvgIpc) is 3.20. The van der Waals surface area contributed by atoms with Crippen molar-refractivity contribution in [2.75, 3.05) is 26.2 Å². The zero-order valence-electron chi connectivity index (χ0n) is 38.6. The molecule has 0 aromatic heterocycles. The number of carbonyl (C=O) groups excluding carboxylic acids is 8. The number of aliphatic hydroxyl groups is 1. The number of aliphatic carboxylic acids is 1. The molecule has 0 saturated carbocycles. The highest BCUT2D eigenvalue weighted by Gasteiger charge is 2.32. The van der Waals surface area contributed by atoms with Crippen LogP contribution in [0.25, 0.3) is 0 Å². The highest BCUT2D eigenvalue weighted by Crippen LogP contribution is 2.08. The van der Waals surface area contributed by atoms with Crippen LogP contribution in [0.2, 0.25) is 0 Å². The number of guanidine groups is 2. The predicted molar refractivity (Wildman–Crippen MR) is 240 cm³/mol. The quantitative estimate of drug-likeness (QED) is 0.0181. The minimum atomic E-state index is -1.63. The second-order valence-electron chi connectivity index (χ2n) is 16.5. The summed E-state index contributed by atoms with van der Waals surface area (Å²) in [4.78, 5) is 124. The molecule has 8 atom stereocenters. The fourth-order valence-corrected chi connectivity index (χ4v) is 5.79. The molecule has 0 heterocycles. The number of carboxylic acids is 1. The molecule has 0 spiro atoms. The van der Waals surface area contributed by atoms with Crippen LogP contribution < -0.4 is 71.2 Å². The number of amides is 8. The van der Waals surface area contributed by atoms with E-state index >= 15 is 0 Å². The van der Waals surface area contributed by atoms with Gasteiger partial charge in [0, 0.05) is 13.1 Å². The Hall–Kier alpha value is -6.31. The van der Waals surface area contributed by atoms with Gasteiger partial charge >= 0.3 is 5.97 Å². The molecule has 26 heteroatoms. The van der Waals surface area contributed by atoms with Crippen LogP contribution in [0.4, 0.5) is 0 Å². The number of aliphatic hydroxyl groups excluding tert-OH is 1.